The molecule has 0 unspecified atom stereocenters. The van der Waals surface area contributed by atoms with Crippen LogP contribution in [0.25, 0.3) is 0 Å². The Morgan fingerprint density at radius 1 is 1.44 bits per heavy atom. The van der Waals surface area contributed by atoms with Gasteiger partial charge < -0.3 is 9.84 Å². The molecule has 0 aliphatic carbocycles. The summed E-state index contributed by atoms with van der Waals surface area (Å²) in [4.78, 5) is 0. The van der Waals surface area contributed by atoms with Gasteiger partial charge in [-0.15, -0.1) is 0 Å². The highest BCUT2D eigenvalue weighted by atomic mass is 19.4. The third kappa shape index (κ3) is 2.25. The largest absolute Gasteiger partial charge is 0.497 e. The second kappa shape index (κ2) is 4.41. The Balaban J connectivity index is 3.51. The number of halogens is 3. The van der Waals surface area contributed by atoms with Gasteiger partial charge >= 0.3 is 6.18 Å². The standard InChI is InChI=1S/C10H8F3NO2/c1-16-7-2-6(4-14)8(5-15)9(3-7)10(11,12)13/h2-3,15H,5H2,1H3. The average molecular weight is 231 g/mol. The van der Waals surface area contributed by atoms with Crippen molar-refractivity contribution < 1.29 is 23.0 Å². The first kappa shape index (κ1) is 12.3. The lowest BCUT2D eigenvalue weighted by Crippen LogP contribution is -2.11. The lowest BCUT2D eigenvalue weighted by molar-refractivity contribution is -0.138. The van der Waals surface area contributed by atoms with Gasteiger partial charge in [0, 0.05) is 5.56 Å². The van der Waals surface area contributed by atoms with Crippen LogP contribution in [0.3, 0.4) is 0 Å². The molecule has 0 radical (unpaired) electrons. The summed E-state index contributed by atoms with van der Waals surface area (Å²) in [6, 6.07) is 3.50. The van der Waals surface area contributed by atoms with Crippen molar-refractivity contribution in [2.45, 2.75) is 12.8 Å². The SMILES string of the molecule is COc1cc(C#N)c(CO)c(C(F)(F)F)c1. The lowest BCUT2D eigenvalue weighted by atomic mass is 10.0. The molecular weight excluding hydrogens is 223 g/mol. The molecule has 1 N–H and O–H groups in total. The number of nitrogens with zero attached hydrogens (tertiary/aromatic N) is 1. The minimum atomic E-state index is -4.63. The van der Waals surface area contributed by atoms with Crippen LogP contribution in [0.4, 0.5) is 13.2 Å². The van der Waals surface area contributed by atoms with E-state index in [2.05, 4.69) is 4.74 Å². The Labute approximate surface area is 89.7 Å². The highest BCUT2D eigenvalue weighted by Gasteiger charge is 2.35. The van der Waals surface area contributed by atoms with Crippen molar-refractivity contribution in [1.29, 1.82) is 5.26 Å². The summed E-state index contributed by atoms with van der Waals surface area (Å²) in [5.74, 6) is -0.0684. The predicted octanol–water partition coefficient (Wildman–Crippen LogP) is 2.08. The number of ether oxygens (including phenoxy) is 1. The van der Waals surface area contributed by atoms with E-state index in [0.29, 0.717) is 0 Å². The Morgan fingerprint density at radius 2 is 2.06 bits per heavy atom. The molecule has 0 fully saturated rings. The second-order valence-corrected chi connectivity index (χ2v) is 2.97. The van der Waals surface area contributed by atoms with E-state index in [1.807, 2.05) is 0 Å². The second-order valence-electron chi connectivity index (χ2n) is 2.97. The quantitative estimate of drug-likeness (QED) is 0.847. The summed E-state index contributed by atoms with van der Waals surface area (Å²) >= 11 is 0. The number of alkyl halides is 3. The maximum Gasteiger partial charge on any atom is 0.416 e. The van der Waals surface area contributed by atoms with E-state index in [0.717, 1.165) is 12.1 Å². The van der Waals surface area contributed by atoms with Crippen LogP contribution < -0.4 is 4.74 Å². The molecule has 0 saturated heterocycles. The average Bonchev–Trinajstić information content (AvgIpc) is 2.25. The van der Waals surface area contributed by atoms with Gasteiger partial charge in [-0.3, -0.25) is 0 Å². The first-order valence-electron chi connectivity index (χ1n) is 4.23. The summed E-state index contributed by atoms with van der Waals surface area (Å²) in [5, 5.41) is 17.5. The Kier molecular flexibility index (Phi) is 3.40. The van der Waals surface area contributed by atoms with Crippen molar-refractivity contribution in [3.8, 4) is 11.8 Å². The molecule has 0 amide bonds. The van der Waals surface area contributed by atoms with Gasteiger partial charge in [0.15, 0.2) is 0 Å². The molecule has 16 heavy (non-hydrogen) atoms. The van der Waals surface area contributed by atoms with Gasteiger partial charge in [0.05, 0.1) is 30.9 Å². The Bertz CT molecular complexity index is 435. The fraction of sp³-hybridized carbons (Fsp3) is 0.300. The van der Waals surface area contributed by atoms with E-state index in [1.165, 1.54) is 7.11 Å². The molecule has 0 aliphatic rings. The fourth-order valence-corrected chi connectivity index (χ4v) is 1.29. The molecule has 0 bridgehead atoms. The minimum absolute atomic E-state index is 0.0684. The molecule has 3 nitrogen and oxygen atoms in total. The van der Waals surface area contributed by atoms with Crippen LogP contribution in [0.5, 0.6) is 5.75 Å². The molecule has 1 rings (SSSR count). The molecule has 1 aromatic carbocycles. The zero-order valence-corrected chi connectivity index (χ0v) is 8.30. The first-order valence-corrected chi connectivity index (χ1v) is 4.23. The van der Waals surface area contributed by atoms with Crippen LogP contribution in [0.2, 0.25) is 0 Å². The molecule has 0 aromatic heterocycles. The normalized spacial score (nSPS) is 11.0. The summed E-state index contributed by atoms with van der Waals surface area (Å²) in [5.41, 5.74) is -1.73. The van der Waals surface area contributed by atoms with Crippen LogP contribution in [0.1, 0.15) is 16.7 Å². The molecule has 86 valence electrons. The first-order chi connectivity index (χ1) is 7.43. The van der Waals surface area contributed by atoms with E-state index < -0.39 is 23.9 Å². The number of aliphatic hydroxyl groups is 1. The lowest BCUT2D eigenvalue weighted by Gasteiger charge is -2.14. The summed E-state index contributed by atoms with van der Waals surface area (Å²) in [6.45, 7) is -0.846. The number of benzene rings is 1. The van der Waals surface area contributed by atoms with Gasteiger partial charge in [-0.2, -0.15) is 18.4 Å². The predicted molar refractivity (Wildman–Crippen MR) is 48.6 cm³/mol. The van der Waals surface area contributed by atoms with Crippen molar-refractivity contribution in [1.82, 2.24) is 0 Å². The zero-order valence-electron chi connectivity index (χ0n) is 8.30. The molecule has 0 saturated carbocycles. The molecule has 0 spiro atoms. The van der Waals surface area contributed by atoms with Crippen molar-refractivity contribution in [3.63, 3.8) is 0 Å². The van der Waals surface area contributed by atoms with E-state index in [-0.39, 0.29) is 11.3 Å². The van der Waals surface area contributed by atoms with Gasteiger partial charge in [-0.25, -0.2) is 0 Å². The van der Waals surface area contributed by atoms with Crippen LogP contribution >= 0.6 is 0 Å². The molecule has 0 heterocycles. The third-order valence-corrected chi connectivity index (χ3v) is 2.04. The van der Waals surface area contributed by atoms with Gasteiger partial charge in [-0.05, 0) is 12.1 Å². The Hall–Kier alpha value is -1.74. The highest BCUT2D eigenvalue weighted by molar-refractivity contribution is 5.49. The number of hydrogen-bond donors (Lipinski definition) is 1. The number of hydrogen-bond acceptors (Lipinski definition) is 3. The van der Waals surface area contributed by atoms with Crippen molar-refractivity contribution >= 4 is 0 Å². The molecule has 1 aromatic rings. The van der Waals surface area contributed by atoms with Crippen LogP contribution in [-0.2, 0) is 12.8 Å². The third-order valence-electron chi connectivity index (χ3n) is 2.04. The van der Waals surface area contributed by atoms with E-state index in [1.54, 1.807) is 6.07 Å². The Morgan fingerprint density at radius 3 is 2.44 bits per heavy atom. The maximum atomic E-state index is 12.6. The smallest absolute Gasteiger partial charge is 0.416 e. The van der Waals surface area contributed by atoms with E-state index >= 15 is 0 Å². The van der Waals surface area contributed by atoms with Gasteiger partial charge in [0.2, 0.25) is 0 Å². The van der Waals surface area contributed by atoms with Gasteiger partial charge in [0.25, 0.3) is 0 Å². The van der Waals surface area contributed by atoms with E-state index in [4.69, 9.17) is 10.4 Å². The summed E-state index contributed by atoms with van der Waals surface area (Å²) in [6.07, 6.45) is -4.63. The summed E-state index contributed by atoms with van der Waals surface area (Å²) < 4.78 is 42.4. The molecule has 0 atom stereocenters. The fourth-order valence-electron chi connectivity index (χ4n) is 1.29. The van der Waals surface area contributed by atoms with Crippen LogP contribution in [-0.4, -0.2) is 12.2 Å². The van der Waals surface area contributed by atoms with Crippen molar-refractivity contribution in [3.05, 3.63) is 28.8 Å². The number of aliphatic hydroxyl groups excluding tert-OH is 1. The van der Waals surface area contributed by atoms with Crippen LogP contribution in [0.15, 0.2) is 12.1 Å². The summed E-state index contributed by atoms with van der Waals surface area (Å²) in [7, 11) is 1.20. The molecule has 6 heteroatoms. The maximum absolute atomic E-state index is 12.6. The zero-order chi connectivity index (χ0) is 12.3. The van der Waals surface area contributed by atoms with Gasteiger partial charge in [-0.1, -0.05) is 0 Å². The van der Waals surface area contributed by atoms with Gasteiger partial charge in [0.1, 0.15) is 5.75 Å². The number of methoxy groups -OCH3 is 1. The van der Waals surface area contributed by atoms with Crippen LogP contribution in [0, 0.1) is 11.3 Å². The van der Waals surface area contributed by atoms with Crippen molar-refractivity contribution in [2.75, 3.05) is 7.11 Å². The van der Waals surface area contributed by atoms with Crippen molar-refractivity contribution in [2.24, 2.45) is 0 Å². The molecular formula is C10H8F3NO2. The minimum Gasteiger partial charge on any atom is -0.497 e. The monoisotopic (exact) mass is 231 g/mol. The van der Waals surface area contributed by atoms with E-state index in [9.17, 15) is 13.2 Å². The number of rotatable bonds is 2. The number of nitriles is 1. The topological polar surface area (TPSA) is 53.2 Å². The highest BCUT2D eigenvalue weighted by Crippen LogP contribution is 2.36. The molecule has 0 aliphatic heterocycles.